The van der Waals surface area contributed by atoms with Gasteiger partial charge in [0.2, 0.25) is 5.91 Å². The van der Waals surface area contributed by atoms with Crippen LogP contribution in [0.25, 0.3) is 11.0 Å². The average molecular weight is 493 g/mol. The molecule has 0 aliphatic rings. The minimum absolute atomic E-state index is 0.118. The number of rotatable bonds is 11. The molecule has 3 aromatic heterocycles. The molecule has 0 saturated carbocycles. The molecule has 0 aliphatic heterocycles. The Hall–Kier alpha value is -4.12. The number of nitrogens with zero attached hydrogens (tertiary/aromatic N) is 6. The van der Waals surface area contributed by atoms with Crippen molar-refractivity contribution in [2.24, 2.45) is 0 Å². The average Bonchev–Trinajstić information content (AvgIpc) is 3.55. The highest BCUT2D eigenvalue weighted by molar-refractivity contribution is 5.84. The lowest BCUT2D eigenvalue weighted by Gasteiger charge is -2.12. The Morgan fingerprint density at radius 1 is 1.19 bits per heavy atom. The molecule has 0 aliphatic carbocycles. The summed E-state index contributed by atoms with van der Waals surface area (Å²) < 4.78 is 3.77. The molecule has 4 aromatic rings. The number of aromatic hydroxyl groups is 1. The topological polar surface area (TPSA) is 140 Å². The molecule has 190 valence electrons. The molecular weight excluding hydrogens is 460 g/mol. The van der Waals surface area contributed by atoms with E-state index in [0.717, 1.165) is 34.5 Å². The van der Waals surface area contributed by atoms with Crippen LogP contribution in [0.4, 0.5) is 0 Å². The molecule has 11 nitrogen and oxygen atoms in total. The maximum atomic E-state index is 12.8. The van der Waals surface area contributed by atoms with Gasteiger partial charge < -0.3 is 25.1 Å². The van der Waals surface area contributed by atoms with Crippen LogP contribution in [0.15, 0.2) is 49.2 Å². The van der Waals surface area contributed by atoms with Gasteiger partial charge >= 0.3 is 0 Å². The summed E-state index contributed by atoms with van der Waals surface area (Å²) in [5.74, 6) is 0.861. The van der Waals surface area contributed by atoms with Crippen LogP contribution in [0, 0.1) is 0 Å². The molecule has 4 rings (SSSR count). The summed E-state index contributed by atoms with van der Waals surface area (Å²) in [6.45, 7) is 5.18. The number of imidazole rings is 1. The van der Waals surface area contributed by atoms with Crippen LogP contribution in [-0.2, 0) is 42.1 Å². The number of aromatic nitrogens is 6. The summed E-state index contributed by atoms with van der Waals surface area (Å²) in [5, 5.41) is 21.0. The SMILES string of the molecule is C=O.CNC(C)CCc1c(O)ccc2c1nc(CCn1cccn1)n2CC(=O)NCc1ccncn1. The monoisotopic (exact) mass is 492 g/mol. The minimum atomic E-state index is -0.142. The molecule has 36 heavy (non-hydrogen) atoms. The second-order valence-corrected chi connectivity index (χ2v) is 8.27. The molecule has 1 unspecified atom stereocenters. The Kier molecular flexibility index (Phi) is 9.64. The van der Waals surface area contributed by atoms with Crippen LogP contribution in [-0.4, -0.2) is 60.2 Å². The predicted octanol–water partition coefficient (Wildman–Crippen LogP) is 1.64. The van der Waals surface area contributed by atoms with Crippen molar-refractivity contribution in [3.63, 3.8) is 0 Å². The van der Waals surface area contributed by atoms with Crippen molar-refractivity contribution in [1.82, 2.24) is 39.9 Å². The fourth-order valence-electron chi connectivity index (χ4n) is 3.86. The fraction of sp³-hybridized carbons (Fsp3) is 0.360. The van der Waals surface area contributed by atoms with Crippen molar-refractivity contribution in [2.45, 2.75) is 51.9 Å². The molecule has 11 heteroatoms. The normalized spacial score (nSPS) is 11.6. The van der Waals surface area contributed by atoms with Gasteiger partial charge in [-0.2, -0.15) is 5.10 Å². The summed E-state index contributed by atoms with van der Waals surface area (Å²) >= 11 is 0. The first-order valence-corrected chi connectivity index (χ1v) is 11.7. The number of amides is 1. The van der Waals surface area contributed by atoms with Crippen molar-refractivity contribution >= 4 is 23.7 Å². The number of benzene rings is 1. The predicted molar refractivity (Wildman–Crippen MR) is 135 cm³/mol. The van der Waals surface area contributed by atoms with Gasteiger partial charge in [0, 0.05) is 43.2 Å². The molecule has 3 heterocycles. The van der Waals surface area contributed by atoms with Gasteiger partial charge in [-0.25, -0.2) is 15.0 Å². The van der Waals surface area contributed by atoms with Gasteiger partial charge in [0.05, 0.1) is 23.3 Å². The van der Waals surface area contributed by atoms with Crippen molar-refractivity contribution in [3.05, 3.63) is 66.3 Å². The van der Waals surface area contributed by atoms with Gasteiger partial charge in [-0.3, -0.25) is 9.48 Å². The number of aryl methyl sites for hydroxylation is 3. The third-order valence-electron chi connectivity index (χ3n) is 5.94. The van der Waals surface area contributed by atoms with E-state index >= 15 is 0 Å². The number of carbonyl (C=O) groups is 2. The Bertz CT molecular complexity index is 1240. The Morgan fingerprint density at radius 2 is 2.03 bits per heavy atom. The lowest BCUT2D eigenvalue weighted by Crippen LogP contribution is -2.28. The van der Waals surface area contributed by atoms with E-state index in [2.05, 4.69) is 32.6 Å². The van der Waals surface area contributed by atoms with Crippen molar-refractivity contribution in [2.75, 3.05) is 7.05 Å². The summed E-state index contributed by atoms with van der Waals surface area (Å²) in [5.41, 5.74) is 3.11. The third kappa shape index (κ3) is 6.72. The number of phenols is 1. The quantitative estimate of drug-likeness (QED) is 0.287. The Balaban J connectivity index is 0.00000176. The van der Waals surface area contributed by atoms with E-state index in [1.165, 1.54) is 6.33 Å². The zero-order chi connectivity index (χ0) is 25.9. The molecule has 0 fully saturated rings. The number of hydrogen-bond acceptors (Lipinski definition) is 8. The third-order valence-corrected chi connectivity index (χ3v) is 5.94. The maximum absolute atomic E-state index is 12.8. The number of phenolic OH excluding ortho intramolecular Hbond substituents is 1. The largest absolute Gasteiger partial charge is 0.508 e. The van der Waals surface area contributed by atoms with Crippen LogP contribution in [0.1, 0.15) is 30.4 Å². The highest BCUT2D eigenvalue weighted by atomic mass is 16.3. The first-order chi connectivity index (χ1) is 17.5. The Morgan fingerprint density at radius 3 is 2.72 bits per heavy atom. The number of nitrogens with one attached hydrogen (secondary N) is 2. The fourth-order valence-corrected chi connectivity index (χ4v) is 3.86. The van der Waals surface area contributed by atoms with Gasteiger partial charge in [0.25, 0.3) is 0 Å². The number of fused-ring (bicyclic) bond motifs is 1. The highest BCUT2D eigenvalue weighted by Gasteiger charge is 2.19. The smallest absolute Gasteiger partial charge is 0.240 e. The van der Waals surface area contributed by atoms with Crippen molar-refractivity contribution in [1.29, 1.82) is 0 Å². The van der Waals surface area contributed by atoms with E-state index in [9.17, 15) is 9.90 Å². The van der Waals surface area contributed by atoms with Crippen molar-refractivity contribution in [3.8, 4) is 5.75 Å². The van der Waals surface area contributed by atoms with E-state index in [4.69, 9.17) is 9.78 Å². The molecular formula is C25H32N8O3. The van der Waals surface area contributed by atoms with Crippen LogP contribution in [0.2, 0.25) is 0 Å². The lowest BCUT2D eigenvalue weighted by molar-refractivity contribution is -0.121. The summed E-state index contributed by atoms with van der Waals surface area (Å²) in [7, 11) is 1.92. The molecule has 0 bridgehead atoms. The lowest BCUT2D eigenvalue weighted by atomic mass is 10.0. The second kappa shape index (κ2) is 13.1. The zero-order valence-corrected chi connectivity index (χ0v) is 20.6. The Labute approximate surface area is 209 Å². The summed E-state index contributed by atoms with van der Waals surface area (Å²) in [4.78, 5) is 33.8. The van der Waals surface area contributed by atoms with Gasteiger partial charge in [-0.05, 0) is 51.1 Å². The van der Waals surface area contributed by atoms with E-state index in [1.807, 2.05) is 41.4 Å². The van der Waals surface area contributed by atoms with Crippen molar-refractivity contribution < 1.29 is 14.7 Å². The first-order valence-electron chi connectivity index (χ1n) is 11.7. The van der Waals surface area contributed by atoms with Crippen LogP contribution < -0.4 is 10.6 Å². The van der Waals surface area contributed by atoms with Gasteiger partial charge in [0.15, 0.2) is 0 Å². The van der Waals surface area contributed by atoms with Gasteiger partial charge in [-0.1, -0.05) is 0 Å². The molecule has 0 radical (unpaired) electrons. The summed E-state index contributed by atoms with van der Waals surface area (Å²) in [6, 6.07) is 7.48. The van der Waals surface area contributed by atoms with Crippen LogP contribution in [0.5, 0.6) is 5.75 Å². The summed E-state index contributed by atoms with van der Waals surface area (Å²) in [6.07, 6.45) is 8.89. The molecule has 1 aromatic carbocycles. The minimum Gasteiger partial charge on any atom is -0.508 e. The van der Waals surface area contributed by atoms with Gasteiger partial charge in [0.1, 0.15) is 31.2 Å². The zero-order valence-electron chi connectivity index (χ0n) is 20.6. The molecule has 1 amide bonds. The molecule has 0 saturated heterocycles. The van der Waals surface area contributed by atoms with Crippen LogP contribution >= 0.6 is 0 Å². The maximum Gasteiger partial charge on any atom is 0.240 e. The highest BCUT2D eigenvalue weighted by Crippen LogP contribution is 2.29. The standard InChI is InChI=1S/C24H30N8O2.CH2O/c1-17(25-2)4-5-19-21(33)7-6-20-24(19)30-22(9-13-31-12-3-10-29-31)32(20)15-23(34)27-14-18-8-11-26-16-28-18;1-2/h3,6-8,10-12,16-17,25,33H,4-5,9,13-15H2,1-2H3,(H,27,34);1H2. The van der Waals surface area contributed by atoms with E-state index in [1.54, 1.807) is 24.5 Å². The molecule has 1 atom stereocenters. The van der Waals surface area contributed by atoms with E-state index in [-0.39, 0.29) is 18.2 Å². The second-order valence-electron chi connectivity index (χ2n) is 8.27. The van der Waals surface area contributed by atoms with Gasteiger partial charge in [-0.15, -0.1) is 0 Å². The van der Waals surface area contributed by atoms with E-state index in [0.29, 0.717) is 32.0 Å². The molecule has 0 spiro atoms. The first kappa shape index (κ1) is 26.5. The number of carbonyl (C=O) groups excluding carboxylic acids is 2. The number of hydrogen-bond donors (Lipinski definition) is 3. The van der Waals surface area contributed by atoms with Crippen LogP contribution in [0.3, 0.4) is 0 Å². The molecule has 3 N–H and O–H groups in total. The van der Waals surface area contributed by atoms with E-state index < -0.39 is 0 Å².